The van der Waals surface area contributed by atoms with Gasteiger partial charge in [-0.25, -0.2) is 4.39 Å². The van der Waals surface area contributed by atoms with Crippen molar-refractivity contribution in [3.8, 4) is 11.8 Å². The van der Waals surface area contributed by atoms with E-state index in [0.29, 0.717) is 6.42 Å². The number of hydrogen-bond acceptors (Lipinski definition) is 2. The summed E-state index contributed by atoms with van der Waals surface area (Å²) in [4.78, 5) is 11.8. The molecule has 2 nitrogen and oxygen atoms in total. The lowest BCUT2D eigenvalue weighted by molar-refractivity contribution is -0.143. The SMILES string of the molecule is COC(=O)C(/C=C/c1ccc(F)cc1)CC#Cc1ccccc1. The van der Waals surface area contributed by atoms with E-state index in [-0.39, 0.29) is 11.8 Å². The minimum Gasteiger partial charge on any atom is -0.469 e. The topological polar surface area (TPSA) is 26.3 Å². The molecule has 0 fully saturated rings. The van der Waals surface area contributed by atoms with Crippen molar-refractivity contribution in [2.24, 2.45) is 5.92 Å². The van der Waals surface area contributed by atoms with Gasteiger partial charge in [0.2, 0.25) is 0 Å². The minimum atomic E-state index is -0.457. The minimum absolute atomic E-state index is 0.291. The summed E-state index contributed by atoms with van der Waals surface area (Å²) in [6, 6.07) is 15.6. The Morgan fingerprint density at radius 2 is 1.87 bits per heavy atom. The van der Waals surface area contributed by atoms with Gasteiger partial charge in [0.15, 0.2) is 0 Å². The number of carbonyl (C=O) groups is 1. The van der Waals surface area contributed by atoms with Crippen LogP contribution in [0.3, 0.4) is 0 Å². The quantitative estimate of drug-likeness (QED) is 0.628. The fourth-order valence-electron chi connectivity index (χ4n) is 1.97. The van der Waals surface area contributed by atoms with Gasteiger partial charge in [-0.1, -0.05) is 54.3 Å². The summed E-state index contributed by atoms with van der Waals surface area (Å²) in [5.41, 5.74) is 1.72. The van der Waals surface area contributed by atoms with Gasteiger partial charge >= 0.3 is 5.97 Å². The summed E-state index contributed by atoms with van der Waals surface area (Å²) in [6.07, 6.45) is 3.86. The van der Waals surface area contributed by atoms with Gasteiger partial charge in [-0.15, -0.1) is 0 Å². The highest BCUT2D eigenvalue weighted by molar-refractivity contribution is 5.76. The van der Waals surface area contributed by atoms with Gasteiger partial charge in [-0.3, -0.25) is 4.79 Å². The van der Waals surface area contributed by atoms with Crippen molar-refractivity contribution in [2.75, 3.05) is 7.11 Å². The normalized spacial score (nSPS) is 11.6. The first kappa shape index (κ1) is 16.5. The summed E-state index contributed by atoms with van der Waals surface area (Å²) in [5, 5.41) is 0. The number of methoxy groups -OCH3 is 1. The molecule has 2 rings (SSSR count). The Bertz CT molecular complexity index is 722. The molecule has 0 spiro atoms. The van der Waals surface area contributed by atoms with Gasteiger partial charge in [0.1, 0.15) is 5.82 Å². The van der Waals surface area contributed by atoms with Crippen molar-refractivity contribution >= 4 is 12.0 Å². The maximum Gasteiger partial charge on any atom is 0.313 e. The second kappa shape index (κ2) is 8.55. The van der Waals surface area contributed by atoms with E-state index in [0.717, 1.165) is 11.1 Å². The Morgan fingerprint density at radius 1 is 1.17 bits per heavy atom. The lowest BCUT2D eigenvalue weighted by Gasteiger charge is -2.06. The molecule has 0 aliphatic heterocycles. The van der Waals surface area contributed by atoms with Crippen LogP contribution in [-0.2, 0) is 9.53 Å². The maximum absolute atomic E-state index is 12.9. The highest BCUT2D eigenvalue weighted by Gasteiger charge is 2.14. The predicted octanol–water partition coefficient (Wildman–Crippen LogP) is 4.07. The number of halogens is 1. The molecule has 2 aromatic rings. The standard InChI is InChI=1S/C20H17FO2/c1-23-20(22)18(9-5-8-16-6-3-2-4-7-16)13-10-17-11-14-19(21)15-12-17/h2-4,6-7,10-15,18H,9H2,1H3/b13-10+. The highest BCUT2D eigenvalue weighted by Crippen LogP contribution is 2.12. The van der Waals surface area contributed by atoms with Crippen molar-refractivity contribution in [1.29, 1.82) is 0 Å². The molecule has 2 aromatic carbocycles. The van der Waals surface area contributed by atoms with Gasteiger partial charge in [-0.2, -0.15) is 0 Å². The van der Waals surface area contributed by atoms with E-state index >= 15 is 0 Å². The zero-order valence-corrected chi connectivity index (χ0v) is 12.8. The molecule has 23 heavy (non-hydrogen) atoms. The number of hydrogen-bond donors (Lipinski definition) is 0. The fourth-order valence-corrected chi connectivity index (χ4v) is 1.97. The van der Waals surface area contributed by atoms with E-state index in [9.17, 15) is 9.18 Å². The molecule has 0 N–H and O–H groups in total. The number of carbonyl (C=O) groups excluding carboxylic acids is 1. The van der Waals surface area contributed by atoms with Gasteiger partial charge in [0, 0.05) is 12.0 Å². The van der Waals surface area contributed by atoms with Crippen molar-refractivity contribution in [1.82, 2.24) is 0 Å². The van der Waals surface area contributed by atoms with Crippen LogP contribution in [0.2, 0.25) is 0 Å². The predicted molar refractivity (Wildman–Crippen MR) is 88.9 cm³/mol. The Hall–Kier alpha value is -2.86. The highest BCUT2D eigenvalue weighted by atomic mass is 19.1. The molecule has 0 radical (unpaired) electrons. The van der Waals surface area contributed by atoms with E-state index in [2.05, 4.69) is 11.8 Å². The van der Waals surface area contributed by atoms with Crippen molar-refractivity contribution in [2.45, 2.75) is 6.42 Å². The summed E-state index contributed by atoms with van der Waals surface area (Å²) >= 11 is 0. The van der Waals surface area contributed by atoms with Crippen LogP contribution in [0.5, 0.6) is 0 Å². The molecule has 0 aromatic heterocycles. The first-order valence-corrected chi connectivity index (χ1v) is 7.24. The summed E-state index contributed by atoms with van der Waals surface area (Å²) in [5.74, 6) is 4.93. The van der Waals surface area contributed by atoms with Crippen molar-refractivity contribution in [3.05, 3.63) is 77.6 Å². The lowest BCUT2D eigenvalue weighted by atomic mass is 10.0. The Morgan fingerprint density at radius 3 is 2.52 bits per heavy atom. The average molecular weight is 308 g/mol. The van der Waals surface area contributed by atoms with E-state index in [1.54, 1.807) is 24.3 Å². The molecule has 1 unspecified atom stereocenters. The average Bonchev–Trinajstić information content (AvgIpc) is 2.59. The number of ether oxygens (including phenoxy) is 1. The second-order valence-electron chi connectivity index (χ2n) is 4.91. The van der Waals surface area contributed by atoms with Crippen LogP contribution >= 0.6 is 0 Å². The number of esters is 1. The molecule has 0 aliphatic rings. The Balaban J connectivity index is 2.07. The van der Waals surface area contributed by atoms with Crippen LogP contribution in [0.25, 0.3) is 6.08 Å². The largest absolute Gasteiger partial charge is 0.469 e. The van der Waals surface area contributed by atoms with Gasteiger partial charge in [0.25, 0.3) is 0 Å². The summed E-state index contributed by atoms with van der Waals surface area (Å²) in [6.45, 7) is 0. The summed E-state index contributed by atoms with van der Waals surface area (Å²) in [7, 11) is 1.35. The van der Waals surface area contributed by atoms with Crippen LogP contribution in [0, 0.1) is 23.6 Å². The number of rotatable bonds is 4. The molecule has 0 bridgehead atoms. The zero-order chi connectivity index (χ0) is 16.5. The van der Waals surface area contributed by atoms with Crippen LogP contribution in [0.4, 0.5) is 4.39 Å². The van der Waals surface area contributed by atoms with Crippen LogP contribution in [0.15, 0.2) is 60.7 Å². The number of benzene rings is 2. The zero-order valence-electron chi connectivity index (χ0n) is 12.8. The first-order valence-electron chi connectivity index (χ1n) is 7.24. The summed E-state index contributed by atoms with van der Waals surface area (Å²) < 4.78 is 17.7. The van der Waals surface area contributed by atoms with Crippen LogP contribution in [0.1, 0.15) is 17.5 Å². The molecule has 116 valence electrons. The third-order valence-electron chi connectivity index (χ3n) is 3.22. The smallest absolute Gasteiger partial charge is 0.313 e. The third-order valence-corrected chi connectivity index (χ3v) is 3.22. The van der Waals surface area contributed by atoms with E-state index in [1.165, 1.54) is 19.2 Å². The molecule has 0 saturated carbocycles. The molecule has 0 amide bonds. The molecular formula is C20H17FO2. The van der Waals surface area contributed by atoms with Gasteiger partial charge in [0.05, 0.1) is 13.0 Å². The van der Waals surface area contributed by atoms with Crippen molar-refractivity contribution in [3.63, 3.8) is 0 Å². The molecule has 0 aliphatic carbocycles. The Kier molecular flexibility index (Phi) is 6.14. The molecule has 0 saturated heterocycles. The van der Waals surface area contributed by atoms with Crippen molar-refractivity contribution < 1.29 is 13.9 Å². The fraction of sp³-hybridized carbons (Fsp3) is 0.150. The first-order chi connectivity index (χ1) is 11.2. The third kappa shape index (κ3) is 5.44. The van der Waals surface area contributed by atoms with E-state index in [1.807, 2.05) is 30.3 Å². The molecular weight excluding hydrogens is 291 g/mol. The van der Waals surface area contributed by atoms with Gasteiger partial charge in [-0.05, 0) is 29.8 Å². The molecule has 1 atom stereocenters. The van der Waals surface area contributed by atoms with Crippen LogP contribution < -0.4 is 0 Å². The Labute approximate surface area is 135 Å². The van der Waals surface area contributed by atoms with E-state index in [4.69, 9.17) is 4.74 Å². The molecule has 0 heterocycles. The van der Waals surface area contributed by atoms with Crippen LogP contribution in [-0.4, -0.2) is 13.1 Å². The second-order valence-corrected chi connectivity index (χ2v) is 4.91. The monoisotopic (exact) mass is 308 g/mol. The van der Waals surface area contributed by atoms with E-state index < -0.39 is 5.92 Å². The molecule has 3 heteroatoms. The van der Waals surface area contributed by atoms with Gasteiger partial charge < -0.3 is 4.74 Å². The lowest BCUT2D eigenvalue weighted by Crippen LogP contribution is -2.13. The maximum atomic E-state index is 12.9.